The van der Waals surface area contributed by atoms with Crippen molar-refractivity contribution >= 4 is 17.7 Å². The highest BCUT2D eigenvalue weighted by Gasteiger charge is 2.31. The largest absolute Gasteiger partial charge is 0.341 e. The molecule has 0 aromatic heterocycles. The number of carbonyl (C=O) groups is 1. The van der Waals surface area contributed by atoms with Crippen molar-refractivity contribution in [3.63, 3.8) is 0 Å². The maximum atomic E-state index is 11.9. The minimum absolute atomic E-state index is 0.274. The third kappa shape index (κ3) is 2.06. The molecule has 0 aliphatic carbocycles. The van der Waals surface area contributed by atoms with Crippen molar-refractivity contribution in [2.24, 2.45) is 5.92 Å². The number of rotatable bonds is 2. The van der Waals surface area contributed by atoms with Crippen LogP contribution in [0.25, 0.3) is 0 Å². The minimum Gasteiger partial charge on any atom is -0.341 e. The van der Waals surface area contributed by atoms with E-state index in [-0.39, 0.29) is 5.92 Å². The molecule has 0 aromatic rings. The Kier molecular flexibility index (Phi) is 3.34. The Labute approximate surface area is 89.6 Å². The minimum atomic E-state index is 0.274. The van der Waals surface area contributed by atoms with E-state index in [2.05, 4.69) is 16.5 Å². The Balaban J connectivity index is 1.86. The van der Waals surface area contributed by atoms with Crippen LogP contribution in [0.3, 0.4) is 0 Å². The second-order valence-corrected chi connectivity index (χ2v) is 5.28. The van der Waals surface area contributed by atoms with Gasteiger partial charge in [-0.15, -0.1) is 0 Å². The number of piperidine rings is 1. The van der Waals surface area contributed by atoms with E-state index < -0.39 is 0 Å². The lowest BCUT2D eigenvalue weighted by Gasteiger charge is -2.37. The van der Waals surface area contributed by atoms with Gasteiger partial charge in [-0.3, -0.25) is 4.79 Å². The Morgan fingerprint density at radius 1 is 1.50 bits per heavy atom. The number of nitrogens with zero attached hydrogens (tertiary/aromatic N) is 1. The fourth-order valence-electron chi connectivity index (χ4n) is 2.05. The Hall–Kier alpha value is -0.220. The normalized spacial score (nSPS) is 28.6. The summed E-state index contributed by atoms with van der Waals surface area (Å²) in [5.74, 6) is 0.651. The predicted octanol–water partition coefficient (Wildman–Crippen LogP) is 0.560. The molecule has 4 heteroatoms. The number of likely N-dealkylation sites (tertiary alicyclic amines) is 1. The van der Waals surface area contributed by atoms with E-state index in [0.717, 1.165) is 26.2 Å². The Bertz CT molecular complexity index is 218. The molecule has 1 N–H and O–H groups in total. The predicted molar refractivity (Wildman–Crippen MR) is 59.5 cm³/mol. The highest BCUT2D eigenvalue weighted by atomic mass is 32.2. The van der Waals surface area contributed by atoms with Crippen LogP contribution in [-0.4, -0.2) is 48.5 Å². The fraction of sp³-hybridized carbons (Fsp3) is 0.900. The summed E-state index contributed by atoms with van der Waals surface area (Å²) in [5.41, 5.74) is 0. The van der Waals surface area contributed by atoms with E-state index in [1.807, 2.05) is 11.8 Å². The first-order chi connectivity index (χ1) is 6.81. The molecule has 0 radical (unpaired) electrons. The van der Waals surface area contributed by atoms with Crippen LogP contribution in [0.4, 0.5) is 0 Å². The topological polar surface area (TPSA) is 32.3 Å². The molecular formula is C10H18N2OS. The average molecular weight is 214 g/mol. The summed E-state index contributed by atoms with van der Waals surface area (Å²) in [6.45, 7) is 3.72. The van der Waals surface area contributed by atoms with Gasteiger partial charge in [0.15, 0.2) is 0 Å². The van der Waals surface area contributed by atoms with Crippen molar-refractivity contribution in [3.05, 3.63) is 0 Å². The molecule has 2 aliphatic heterocycles. The zero-order valence-electron chi connectivity index (χ0n) is 8.66. The molecule has 0 bridgehead atoms. The van der Waals surface area contributed by atoms with Crippen LogP contribution in [0.2, 0.25) is 0 Å². The second-order valence-electron chi connectivity index (χ2n) is 4.14. The highest BCUT2D eigenvalue weighted by Crippen LogP contribution is 2.22. The first-order valence-electron chi connectivity index (χ1n) is 5.33. The highest BCUT2D eigenvalue weighted by molar-refractivity contribution is 7.99. The van der Waals surface area contributed by atoms with E-state index in [9.17, 15) is 4.79 Å². The molecule has 1 unspecified atom stereocenters. The standard InChI is InChI=1S/C10H18N2OS/c1-14-9-3-2-4-12(7-9)10(13)8-5-11-6-8/h8-9,11H,2-7H2,1H3. The van der Waals surface area contributed by atoms with Gasteiger partial charge in [0, 0.05) is 31.4 Å². The molecule has 1 atom stereocenters. The van der Waals surface area contributed by atoms with Gasteiger partial charge in [-0.25, -0.2) is 0 Å². The summed E-state index contributed by atoms with van der Waals surface area (Å²) >= 11 is 1.89. The number of thioether (sulfide) groups is 1. The van der Waals surface area contributed by atoms with E-state index in [1.54, 1.807) is 0 Å². The lowest BCUT2D eigenvalue weighted by molar-refractivity contribution is -0.137. The van der Waals surface area contributed by atoms with Crippen LogP contribution in [0.15, 0.2) is 0 Å². The van der Waals surface area contributed by atoms with E-state index in [1.165, 1.54) is 12.8 Å². The Morgan fingerprint density at radius 3 is 2.86 bits per heavy atom. The van der Waals surface area contributed by atoms with Crippen LogP contribution in [0.5, 0.6) is 0 Å². The van der Waals surface area contributed by atoms with Gasteiger partial charge >= 0.3 is 0 Å². The van der Waals surface area contributed by atoms with Crippen molar-refractivity contribution in [1.29, 1.82) is 0 Å². The average Bonchev–Trinajstić information content (AvgIpc) is 2.15. The van der Waals surface area contributed by atoms with Crippen molar-refractivity contribution < 1.29 is 4.79 Å². The second kappa shape index (κ2) is 4.53. The van der Waals surface area contributed by atoms with Crippen molar-refractivity contribution in [1.82, 2.24) is 10.2 Å². The maximum absolute atomic E-state index is 11.9. The first kappa shape index (κ1) is 10.3. The van der Waals surface area contributed by atoms with Crippen molar-refractivity contribution in [2.75, 3.05) is 32.4 Å². The summed E-state index contributed by atoms with van der Waals surface area (Å²) in [7, 11) is 0. The molecule has 0 spiro atoms. The van der Waals surface area contributed by atoms with E-state index >= 15 is 0 Å². The number of nitrogens with one attached hydrogen (secondary N) is 1. The van der Waals surface area contributed by atoms with Gasteiger partial charge in [0.2, 0.25) is 5.91 Å². The summed E-state index contributed by atoms with van der Waals surface area (Å²) in [6, 6.07) is 0. The van der Waals surface area contributed by atoms with Gasteiger partial charge in [0.25, 0.3) is 0 Å². The third-order valence-corrected chi connectivity index (χ3v) is 4.21. The molecular weight excluding hydrogens is 196 g/mol. The summed E-state index contributed by atoms with van der Waals surface area (Å²) < 4.78 is 0. The van der Waals surface area contributed by atoms with E-state index in [0.29, 0.717) is 11.2 Å². The van der Waals surface area contributed by atoms with Gasteiger partial charge < -0.3 is 10.2 Å². The van der Waals surface area contributed by atoms with Gasteiger partial charge in [0.1, 0.15) is 0 Å². The molecule has 2 saturated heterocycles. The number of hydrogen-bond acceptors (Lipinski definition) is 3. The van der Waals surface area contributed by atoms with Gasteiger partial charge in [-0.1, -0.05) is 0 Å². The third-order valence-electron chi connectivity index (χ3n) is 3.15. The zero-order valence-corrected chi connectivity index (χ0v) is 9.48. The Morgan fingerprint density at radius 2 is 2.29 bits per heavy atom. The SMILES string of the molecule is CSC1CCCN(C(=O)C2CNC2)C1. The number of amides is 1. The van der Waals surface area contributed by atoms with Crippen LogP contribution in [0, 0.1) is 5.92 Å². The molecule has 14 heavy (non-hydrogen) atoms. The molecule has 0 aromatic carbocycles. The molecule has 2 rings (SSSR count). The fourth-order valence-corrected chi connectivity index (χ4v) is 2.78. The summed E-state index contributed by atoms with van der Waals surface area (Å²) in [6.07, 6.45) is 4.59. The van der Waals surface area contributed by atoms with E-state index in [4.69, 9.17) is 0 Å². The molecule has 3 nitrogen and oxygen atoms in total. The van der Waals surface area contributed by atoms with Gasteiger partial charge in [-0.05, 0) is 19.1 Å². The number of hydrogen-bond donors (Lipinski definition) is 1. The maximum Gasteiger partial charge on any atom is 0.228 e. The molecule has 1 amide bonds. The summed E-state index contributed by atoms with van der Waals surface area (Å²) in [5, 5.41) is 3.82. The molecule has 2 fully saturated rings. The smallest absolute Gasteiger partial charge is 0.228 e. The monoisotopic (exact) mass is 214 g/mol. The van der Waals surface area contributed by atoms with Crippen LogP contribution in [-0.2, 0) is 4.79 Å². The lowest BCUT2D eigenvalue weighted by Crippen LogP contribution is -2.54. The van der Waals surface area contributed by atoms with Gasteiger partial charge in [-0.2, -0.15) is 11.8 Å². The quantitative estimate of drug-likeness (QED) is 0.729. The van der Waals surface area contributed by atoms with Crippen molar-refractivity contribution in [2.45, 2.75) is 18.1 Å². The molecule has 2 aliphatic rings. The van der Waals surface area contributed by atoms with Crippen molar-refractivity contribution in [3.8, 4) is 0 Å². The van der Waals surface area contributed by atoms with Crippen LogP contribution in [0.1, 0.15) is 12.8 Å². The van der Waals surface area contributed by atoms with Crippen LogP contribution >= 0.6 is 11.8 Å². The lowest BCUT2D eigenvalue weighted by atomic mass is 10.00. The van der Waals surface area contributed by atoms with Gasteiger partial charge in [0.05, 0.1) is 5.92 Å². The number of carbonyl (C=O) groups excluding carboxylic acids is 1. The molecule has 80 valence electrons. The molecule has 0 saturated carbocycles. The summed E-state index contributed by atoms with van der Waals surface area (Å²) in [4.78, 5) is 14.0. The first-order valence-corrected chi connectivity index (χ1v) is 6.62. The van der Waals surface area contributed by atoms with Crippen LogP contribution < -0.4 is 5.32 Å². The molecule has 2 heterocycles. The zero-order chi connectivity index (χ0) is 9.97.